The highest BCUT2D eigenvalue weighted by Crippen LogP contribution is 2.38. The van der Waals surface area contributed by atoms with E-state index in [9.17, 15) is 10.2 Å². The highest BCUT2D eigenvalue weighted by atomic mass is 16.3. The molecule has 8 aromatic rings. The van der Waals surface area contributed by atoms with Crippen molar-refractivity contribution in [1.82, 2.24) is 5.32 Å². The van der Waals surface area contributed by atoms with E-state index in [0.29, 0.717) is 13.1 Å². The van der Waals surface area contributed by atoms with Crippen LogP contribution in [0.15, 0.2) is 211 Å². The van der Waals surface area contributed by atoms with Crippen molar-refractivity contribution in [3.05, 3.63) is 217 Å². The second-order valence-electron chi connectivity index (χ2n) is 16.8. The van der Waals surface area contributed by atoms with E-state index < -0.39 is 0 Å². The number of anilines is 6. The SMILES string of the molecule is C/C(=N\CC(C)(C)CNC(C)c1ccc(-c2ccc(N(c3ccccc3)c3ccccc3)cc2)cc1O)c1ccc(-c2ccc(N(c3ccccc3)c3ccccc3)cc2)cc1O. The lowest BCUT2D eigenvalue weighted by molar-refractivity contribution is 0.333. The summed E-state index contributed by atoms with van der Waals surface area (Å²) in [6, 6.07) is 70.0. The number of rotatable bonds is 15. The average Bonchev–Trinajstić information content (AvgIpc) is 3.32. The van der Waals surface area contributed by atoms with E-state index >= 15 is 0 Å². The van der Waals surface area contributed by atoms with Crippen LogP contribution >= 0.6 is 0 Å². The van der Waals surface area contributed by atoms with Crippen LogP contribution in [-0.4, -0.2) is 29.0 Å². The fourth-order valence-corrected chi connectivity index (χ4v) is 7.93. The van der Waals surface area contributed by atoms with Gasteiger partial charge in [-0.1, -0.05) is 129 Å². The third-order valence-corrected chi connectivity index (χ3v) is 11.5. The van der Waals surface area contributed by atoms with Gasteiger partial charge in [-0.15, -0.1) is 0 Å². The topological polar surface area (TPSA) is 71.3 Å². The predicted octanol–water partition coefficient (Wildman–Crippen LogP) is 14.6. The lowest BCUT2D eigenvalue weighted by atomic mass is 9.92. The molecular weight excluding hydrogens is 773 g/mol. The Kier molecular flexibility index (Phi) is 12.8. The summed E-state index contributed by atoms with van der Waals surface area (Å²) in [7, 11) is 0. The summed E-state index contributed by atoms with van der Waals surface area (Å²) in [6.07, 6.45) is 0. The third kappa shape index (κ3) is 10.0. The molecule has 6 nitrogen and oxygen atoms in total. The van der Waals surface area contributed by atoms with Crippen LogP contribution in [0, 0.1) is 5.41 Å². The van der Waals surface area contributed by atoms with Crippen molar-refractivity contribution in [2.24, 2.45) is 10.4 Å². The molecule has 0 aromatic heterocycles. The minimum absolute atomic E-state index is 0.0820. The molecule has 0 heterocycles. The molecule has 3 N–H and O–H groups in total. The summed E-state index contributed by atoms with van der Waals surface area (Å²) in [5.74, 6) is 0.462. The summed E-state index contributed by atoms with van der Waals surface area (Å²) in [5.41, 5.74) is 12.5. The van der Waals surface area contributed by atoms with Gasteiger partial charge in [-0.2, -0.15) is 0 Å². The monoisotopic (exact) mass is 826 g/mol. The van der Waals surface area contributed by atoms with Gasteiger partial charge in [-0.25, -0.2) is 0 Å². The third-order valence-electron chi connectivity index (χ3n) is 11.5. The zero-order chi connectivity index (χ0) is 43.8. The molecule has 314 valence electrons. The van der Waals surface area contributed by atoms with Crippen molar-refractivity contribution in [3.63, 3.8) is 0 Å². The normalized spacial score (nSPS) is 12.2. The van der Waals surface area contributed by atoms with Crippen molar-refractivity contribution in [2.75, 3.05) is 22.9 Å². The van der Waals surface area contributed by atoms with E-state index in [2.05, 4.69) is 188 Å². The molecule has 8 rings (SSSR count). The zero-order valence-corrected chi connectivity index (χ0v) is 36.4. The smallest absolute Gasteiger partial charge is 0.125 e. The van der Waals surface area contributed by atoms with Crippen LogP contribution in [0.1, 0.15) is 44.9 Å². The van der Waals surface area contributed by atoms with E-state index in [4.69, 9.17) is 4.99 Å². The second-order valence-corrected chi connectivity index (χ2v) is 16.8. The molecule has 0 radical (unpaired) electrons. The van der Waals surface area contributed by atoms with E-state index in [1.54, 1.807) is 0 Å². The van der Waals surface area contributed by atoms with E-state index in [1.807, 2.05) is 61.5 Å². The summed E-state index contributed by atoms with van der Waals surface area (Å²) >= 11 is 0. The van der Waals surface area contributed by atoms with E-state index in [0.717, 1.165) is 73.2 Å². The van der Waals surface area contributed by atoms with E-state index in [-0.39, 0.29) is 23.0 Å². The highest BCUT2D eigenvalue weighted by Gasteiger charge is 2.21. The van der Waals surface area contributed by atoms with Crippen molar-refractivity contribution in [3.8, 4) is 33.8 Å². The molecule has 0 saturated carbocycles. The molecule has 63 heavy (non-hydrogen) atoms. The Morgan fingerprint density at radius 2 is 0.857 bits per heavy atom. The molecule has 0 aliphatic heterocycles. The fraction of sp³-hybridized carbons (Fsp3) is 0.140. The van der Waals surface area contributed by atoms with Gasteiger partial charge in [-0.3, -0.25) is 4.99 Å². The van der Waals surface area contributed by atoms with Crippen LogP contribution in [0.25, 0.3) is 22.3 Å². The molecule has 0 saturated heterocycles. The molecule has 0 bridgehead atoms. The molecule has 0 spiro atoms. The van der Waals surface area contributed by atoms with Crippen molar-refractivity contribution in [2.45, 2.75) is 33.7 Å². The minimum atomic E-state index is -0.190. The van der Waals surface area contributed by atoms with Crippen LogP contribution in [0.5, 0.6) is 11.5 Å². The second kappa shape index (κ2) is 19.1. The Balaban J connectivity index is 0.886. The quantitative estimate of drug-likeness (QED) is 0.0898. The number of aromatic hydroxyl groups is 2. The molecule has 0 fully saturated rings. The van der Waals surface area contributed by atoms with E-state index in [1.165, 1.54) is 0 Å². The van der Waals surface area contributed by atoms with Crippen LogP contribution in [0.2, 0.25) is 0 Å². The first-order chi connectivity index (χ1) is 30.6. The number of nitrogens with one attached hydrogen (secondary N) is 1. The lowest BCUT2D eigenvalue weighted by Crippen LogP contribution is -2.33. The molecule has 0 aliphatic carbocycles. The van der Waals surface area contributed by atoms with Gasteiger partial charge in [0.2, 0.25) is 0 Å². The molecule has 1 unspecified atom stereocenters. The van der Waals surface area contributed by atoms with Gasteiger partial charge >= 0.3 is 0 Å². The first-order valence-corrected chi connectivity index (χ1v) is 21.6. The molecule has 0 amide bonds. The Hall–Kier alpha value is -7.41. The summed E-state index contributed by atoms with van der Waals surface area (Å²) < 4.78 is 0. The molecule has 8 aromatic carbocycles. The molecule has 6 heteroatoms. The Morgan fingerprint density at radius 1 is 0.492 bits per heavy atom. The summed E-state index contributed by atoms with van der Waals surface area (Å²) in [5, 5.41) is 26.1. The molecule has 0 aliphatic rings. The first-order valence-electron chi connectivity index (χ1n) is 21.6. The average molecular weight is 827 g/mol. The maximum Gasteiger partial charge on any atom is 0.125 e. The maximum absolute atomic E-state index is 11.2. The number of phenolic OH excluding ortho intramolecular Hbond substituents is 2. The summed E-state index contributed by atoms with van der Waals surface area (Å²) in [4.78, 5) is 9.41. The lowest BCUT2D eigenvalue weighted by Gasteiger charge is -2.26. The number of phenols is 2. The highest BCUT2D eigenvalue weighted by molar-refractivity contribution is 6.01. The van der Waals surface area contributed by atoms with Gasteiger partial charge in [-0.05, 0) is 133 Å². The van der Waals surface area contributed by atoms with Crippen LogP contribution in [-0.2, 0) is 0 Å². The van der Waals surface area contributed by atoms with Gasteiger partial charge in [0.05, 0.1) is 0 Å². The van der Waals surface area contributed by atoms with Crippen LogP contribution in [0.3, 0.4) is 0 Å². The van der Waals surface area contributed by atoms with Crippen LogP contribution < -0.4 is 15.1 Å². The van der Waals surface area contributed by atoms with Gasteiger partial charge in [0, 0.05) is 70.1 Å². The van der Waals surface area contributed by atoms with Crippen molar-refractivity contribution >= 4 is 39.8 Å². The number of aliphatic imine (C=N–C) groups is 1. The Bertz CT molecular complexity index is 2680. The fourth-order valence-electron chi connectivity index (χ4n) is 7.93. The standard InChI is InChI=1S/C57H54N4O2/c1-41(53-35-29-45(37-55(53)62)43-25-31-51(32-26-43)60(47-17-9-5-10-18-47)48-19-11-6-12-20-48)58-39-57(3,4)40-59-42(2)54-36-30-46(38-56(54)63)44-27-33-52(34-28-44)61(49-21-13-7-14-22-49)50-23-15-8-16-24-50/h5-38,41,58,62-63H,39-40H2,1-4H3/b59-42+. The van der Waals surface area contributed by atoms with Gasteiger partial charge in [0.25, 0.3) is 0 Å². The number of hydrogen-bond donors (Lipinski definition) is 3. The van der Waals surface area contributed by atoms with Crippen molar-refractivity contribution in [1.29, 1.82) is 0 Å². The number of para-hydroxylation sites is 4. The van der Waals surface area contributed by atoms with Gasteiger partial charge in [0.15, 0.2) is 0 Å². The zero-order valence-electron chi connectivity index (χ0n) is 36.4. The Labute approximate surface area is 372 Å². The largest absolute Gasteiger partial charge is 0.508 e. The minimum Gasteiger partial charge on any atom is -0.508 e. The molecular formula is C57H54N4O2. The van der Waals surface area contributed by atoms with Crippen LogP contribution in [0.4, 0.5) is 34.1 Å². The number of hydrogen-bond acceptors (Lipinski definition) is 6. The Morgan fingerprint density at radius 3 is 1.25 bits per heavy atom. The maximum atomic E-state index is 11.2. The number of benzene rings is 8. The van der Waals surface area contributed by atoms with Crippen molar-refractivity contribution < 1.29 is 10.2 Å². The summed E-state index contributed by atoms with van der Waals surface area (Å²) in [6.45, 7) is 9.62. The molecule has 1 atom stereocenters. The first kappa shape index (κ1) is 42.3. The number of nitrogens with zero attached hydrogens (tertiary/aromatic N) is 3. The van der Waals surface area contributed by atoms with Gasteiger partial charge < -0.3 is 25.3 Å². The predicted molar refractivity (Wildman–Crippen MR) is 264 cm³/mol. The van der Waals surface area contributed by atoms with Gasteiger partial charge in [0.1, 0.15) is 11.5 Å².